The number of nitrogens with one attached hydrogen (secondary N) is 1. The van der Waals surface area contributed by atoms with Crippen LogP contribution in [0, 0.1) is 11.3 Å². The number of hydrogen-bond acceptors (Lipinski definition) is 2. The van der Waals surface area contributed by atoms with Gasteiger partial charge in [0.1, 0.15) is 5.84 Å². The first-order chi connectivity index (χ1) is 6.32. The monoisotopic (exact) mass is 197 g/mol. The first-order valence-corrected chi connectivity index (χ1v) is 5.39. The summed E-state index contributed by atoms with van der Waals surface area (Å²) in [5.41, 5.74) is 2.98. The fourth-order valence-electron chi connectivity index (χ4n) is 1.85. The third-order valence-corrected chi connectivity index (χ3v) is 2.95. The molecule has 3 heteroatoms. The predicted octanol–water partition coefficient (Wildman–Crippen LogP) is 2.08. The molecule has 0 saturated heterocycles. The Balaban J connectivity index is 2.88. The van der Waals surface area contributed by atoms with Gasteiger partial charge in [-0.05, 0) is 39.5 Å². The molecule has 82 valence electrons. The van der Waals surface area contributed by atoms with Crippen LogP contribution < -0.4 is 11.3 Å². The van der Waals surface area contributed by atoms with E-state index in [1.807, 2.05) is 0 Å². The van der Waals surface area contributed by atoms with E-state index in [1.54, 1.807) is 0 Å². The first-order valence-electron chi connectivity index (χ1n) is 5.39. The lowest BCUT2D eigenvalue weighted by atomic mass is 9.90. The molecule has 1 aliphatic rings. The summed E-state index contributed by atoms with van der Waals surface area (Å²) in [6.07, 6.45) is 2.42. The highest BCUT2D eigenvalue weighted by Gasteiger charge is 2.50. The van der Waals surface area contributed by atoms with Crippen molar-refractivity contribution in [3.8, 4) is 0 Å². The molecule has 0 radical (unpaired) electrons. The number of hydrazine groups is 1. The summed E-state index contributed by atoms with van der Waals surface area (Å²) in [5.74, 6) is 7.16. The number of hydrogen-bond donors (Lipinski definition) is 2. The largest absolute Gasteiger partial charge is 0.312 e. The number of rotatable bonds is 2. The predicted molar refractivity (Wildman–Crippen MR) is 61.0 cm³/mol. The summed E-state index contributed by atoms with van der Waals surface area (Å²) < 4.78 is 0. The Morgan fingerprint density at radius 2 is 1.86 bits per heavy atom. The van der Waals surface area contributed by atoms with Gasteiger partial charge in [-0.3, -0.25) is 4.99 Å². The van der Waals surface area contributed by atoms with E-state index in [-0.39, 0.29) is 11.0 Å². The van der Waals surface area contributed by atoms with Crippen molar-refractivity contribution in [3.05, 3.63) is 0 Å². The average molecular weight is 197 g/mol. The number of aliphatic imine (C=N–C) groups is 1. The van der Waals surface area contributed by atoms with Crippen molar-refractivity contribution in [3.63, 3.8) is 0 Å². The Morgan fingerprint density at radius 3 is 2.07 bits per heavy atom. The van der Waals surface area contributed by atoms with Gasteiger partial charge in [-0.2, -0.15) is 0 Å². The number of amidine groups is 1. The van der Waals surface area contributed by atoms with Crippen molar-refractivity contribution >= 4 is 5.84 Å². The summed E-state index contributed by atoms with van der Waals surface area (Å²) in [4.78, 5) is 4.66. The molecule has 0 aromatic carbocycles. The molecule has 0 aromatic heterocycles. The second-order valence-corrected chi connectivity index (χ2v) is 5.59. The van der Waals surface area contributed by atoms with E-state index in [4.69, 9.17) is 5.84 Å². The quantitative estimate of drug-likeness (QED) is 0.308. The van der Waals surface area contributed by atoms with Gasteiger partial charge < -0.3 is 5.43 Å². The number of nitrogens with two attached hydrogens (primary N) is 1. The van der Waals surface area contributed by atoms with Crippen LogP contribution in [0.4, 0.5) is 0 Å². The van der Waals surface area contributed by atoms with Crippen molar-refractivity contribution in [2.75, 3.05) is 0 Å². The maximum absolute atomic E-state index is 5.56. The molecule has 1 rings (SSSR count). The molecule has 3 N–H and O–H groups in total. The van der Waals surface area contributed by atoms with E-state index in [9.17, 15) is 0 Å². The molecular formula is C11H23N3. The summed E-state index contributed by atoms with van der Waals surface area (Å²) in [6, 6.07) is 0. The summed E-state index contributed by atoms with van der Waals surface area (Å²) in [7, 11) is 0. The first kappa shape index (κ1) is 11.5. The summed E-state index contributed by atoms with van der Waals surface area (Å²) in [6.45, 7) is 10.8. The maximum atomic E-state index is 5.56. The van der Waals surface area contributed by atoms with Crippen molar-refractivity contribution < 1.29 is 0 Å². The molecule has 0 bridgehead atoms. The standard InChI is InChI=1S/C11H23N3/c1-8(2)11(6-7-11)9(14-12)13-10(3,4)5/h8H,6-7,12H2,1-5H3,(H,13,14). The fourth-order valence-corrected chi connectivity index (χ4v) is 1.85. The van der Waals surface area contributed by atoms with E-state index >= 15 is 0 Å². The van der Waals surface area contributed by atoms with Crippen LogP contribution in [0.1, 0.15) is 47.5 Å². The van der Waals surface area contributed by atoms with Crippen molar-refractivity contribution in [2.45, 2.75) is 53.0 Å². The SMILES string of the molecule is CC(C)C1(C(=NC(C)(C)C)NN)CC1. The van der Waals surface area contributed by atoms with Crippen LogP contribution in [0.2, 0.25) is 0 Å². The van der Waals surface area contributed by atoms with Crippen LogP contribution in [0.3, 0.4) is 0 Å². The topological polar surface area (TPSA) is 50.4 Å². The van der Waals surface area contributed by atoms with Gasteiger partial charge in [-0.15, -0.1) is 0 Å². The Labute approximate surface area is 87.1 Å². The molecule has 3 nitrogen and oxygen atoms in total. The van der Waals surface area contributed by atoms with Crippen LogP contribution in [0.15, 0.2) is 4.99 Å². The third-order valence-electron chi connectivity index (χ3n) is 2.95. The van der Waals surface area contributed by atoms with Crippen molar-refractivity contribution in [1.82, 2.24) is 5.43 Å². The fraction of sp³-hybridized carbons (Fsp3) is 0.909. The Hall–Kier alpha value is -0.570. The minimum absolute atomic E-state index is 0.0494. The minimum Gasteiger partial charge on any atom is -0.312 e. The van der Waals surface area contributed by atoms with E-state index in [0.29, 0.717) is 5.92 Å². The molecule has 0 aliphatic heterocycles. The zero-order chi connectivity index (χ0) is 11.0. The summed E-state index contributed by atoms with van der Waals surface area (Å²) in [5, 5.41) is 0. The second kappa shape index (κ2) is 3.54. The molecule has 14 heavy (non-hydrogen) atoms. The minimum atomic E-state index is -0.0494. The van der Waals surface area contributed by atoms with Crippen LogP contribution in [0.5, 0.6) is 0 Å². The molecule has 0 amide bonds. The lowest BCUT2D eigenvalue weighted by Gasteiger charge is -2.25. The van der Waals surface area contributed by atoms with Crippen LogP contribution in [0.25, 0.3) is 0 Å². The molecule has 1 saturated carbocycles. The lowest BCUT2D eigenvalue weighted by molar-refractivity contribution is 0.454. The highest BCUT2D eigenvalue weighted by atomic mass is 15.3. The zero-order valence-corrected chi connectivity index (χ0v) is 10.0. The van der Waals surface area contributed by atoms with Gasteiger partial charge in [0.25, 0.3) is 0 Å². The van der Waals surface area contributed by atoms with E-state index < -0.39 is 0 Å². The molecule has 1 aliphatic carbocycles. The molecule has 0 aromatic rings. The van der Waals surface area contributed by atoms with Crippen LogP contribution in [-0.4, -0.2) is 11.4 Å². The highest BCUT2D eigenvalue weighted by molar-refractivity contribution is 5.90. The Bertz CT molecular complexity index is 231. The van der Waals surface area contributed by atoms with E-state index in [1.165, 1.54) is 12.8 Å². The normalized spacial score (nSPS) is 21.2. The molecule has 0 heterocycles. The van der Waals surface area contributed by atoms with Gasteiger partial charge in [0.2, 0.25) is 0 Å². The Morgan fingerprint density at radius 1 is 1.36 bits per heavy atom. The highest BCUT2D eigenvalue weighted by Crippen LogP contribution is 2.52. The maximum Gasteiger partial charge on any atom is 0.117 e. The van der Waals surface area contributed by atoms with Crippen LogP contribution in [-0.2, 0) is 0 Å². The van der Waals surface area contributed by atoms with Crippen LogP contribution >= 0.6 is 0 Å². The van der Waals surface area contributed by atoms with Gasteiger partial charge in [-0.25, -0.2) is 5.84 Å². The lowest BCUT2D eigenvalue weighted by Crippen LogP contribution is -2.41. The van der Waals surface area contributed by atoms with Gasteiger partial charge in [0.15, 0.2) is 0 Å². The van der Waals surface area contributed by atoms with Gasteiger partial charge in [-0.1, -0.05) is 13.8 Å². The second-order valence-electron chi connectivity index (χ2n) is 5.59. The van der Waals surface area contributed by atoms with Gasteiger partial charge >= 0.3 is 0 Å². The van der Waals surface area contributed by atoms with Crippen molar-refractivity contribution in [1.29, 1.82) is 0 Å². The molecule has 1 fully saturated rings. The van der Waals surface area contributed by atoms with E-state index in [0.717, 1.165) is 5.84 Å². The number of nitrogens with zero attached hydrogens (tertiary/aromatic N) is 1. The smallest absolute Gasteiger partial charge is 0.117 e. The zero-order valence-electron chi connectivity index (χ0n) is 10.0. The molecule has 0 spiro atoms. The molecular weight excluding hydrogens is 174 g/mol. The average Bonchev–Trinajstić information content (AvgIpc) is 2.78. The summed E-state index contributed by atoms with van der Waals surface area (Å²) >= 11 is 0. The van der Waals surface area contributed by atoms with Gasteiger partial charge in [0, 0.05) is 5.41 Å². The Kier molecular flexibility index (Phi) is 2.91. The third kappa shape index (κ3) is 2.27. The molecule has 0 atom stereocenters. The van der Waals surface area contributed by atoms with Crippen molar-refractivity contribution in [2.24, 2.45) is 22.2 Å². The van der Waals surface area contributed by atoms with Gasteiger partial charge in [0.05, 0.1) is 5.54 Å². The van der Waals surface area contributed by atoms with E-state index in [2.05, 4.69) is 45.0 Å². The molecule has 0 unspecified atom stereocenters.